The van der Waals surface area contributed by atoms with Crippen LogP contribution in [-0.2, 0) is 9.47 Å². The van der Waals surface area contributed by atoms with E-state index in [1.165, 1.54) is 16.7 Å². The van der Waals surface area contributed by atoms with Gasteiger partial charge in [0.15, 0.2) is 0 Å². The van der Waals surface area contributed by atoms with Crippen molar-refractivity contribution in [2.24, 2.45) is 0 Å². The predicted molar refractivity (Wildman–Crippen MR) is 108 cm³/mol. The SMILES string of the molecule is COC1=CC=C(c2ccccc2)C(c2ccc(Cl)cc2)N1N1CCOCC1. The molecule has 0 bridgehead atoms. The van der Waals surface area contributed by atoms with Crippen molar-refractivity contribution in [3.8, 4) is 0 Å². The van der Waals surface area contributed by atoms with Gasteiger partial charge in [0.05, 0.1) is 26.4 Å². The van der Waals surface area contributed by atoms with Gasteiger partial charge in [0.25, 0.3) is 0 Å². The summed E-state index contributed by atoms with van der Waals surface area (Å²) >= 11 is 6.15. The van der Waals surface area contributed by atoms with Gasteiger partial charge in [0, 0.05) is 18.1 Å². The third-order valence-electron chi connectivity index (χ3n) is 4.96. The maximum Gasteiger partial charge on any atom is 0.204 e. The lowest BCUT2D eigenvalue weighted by atomic mass is 9.90. The quantitative estimate of drug-likeness (QED) is 0.776. The van der Waals surface area contributed by atoms with E-state index in [2.05, 4.69) is 52.5 Å². The van der Waals surface area contributed by atoms with Crippen molar-refractivity contribution in [2.75, 3.05) is 33.4 Å². The van der Waals surface area contributed by atoms with E-state index in [1.54, 1.807) is 7.11 Å². The van der Waals surface area contributed by atoms with Crippen LogP contribution in [-0.4, -0.2) is 43.4 Å². The molecule has 0 aliphatic carbocycles. The number of morpholine rings is 1. The monoisotopic (exact) mass is 382 g/mol. The normalized spacial score (nSPS) is 20.8. The molecule has 0 radical (unpaired) electrons. The van der Waals surface area contributed by atoms with E-state index in [9.17, 15) is 0 Å². The van der Waals surface area contributed by atoms with Crippen molar-refractivity contribution in [2.45, 2.75) is 6.04 Å². The zero-order chi connectivity index (χ0) is 18.6. The van der Waals surface area contributed by atoms with E-state index in [-0.39, 0.29) is 6.04 Å². The number of hydrogen-bond donors (Lipinski definition) is 0. The van der Waals surface area contributed by atoms with Gasteiger partial charge >= 0.3 is 0 Å². The fourth-order valence-corrected chi connectivity index (χ4v) is 3.80. The number of benzene rings is 2. The number of rotatable bonds is 4. The van der Waals surface area contributed by atoms with E-state index in [4.69, 9.17) is 21.1 Å². The van der Waals surface area contributed by atoms with Gasteiger partial charge < -0.3 is 9.47 Å². The van der Waals surface area contributed by atoms with Crippen molar-refractivity contribution >= 4 is 17.2 Å². The second-order valence-electron chi connectivity index (χ2n) is 6.56. The van der Waals surface area contributed by atoms with Gasteiger partial charge in [0.2, 0.25) is 5.88 Å². The van der Waals surface area contributed by atoms with Gasteiger partial charge in [-0.05, 0) is 34.9 Å². The molecule has 1 atom stereocenters. The first-order chi connectivity index (χ1) is 13.3. The number of hydrazine groups is 1. The molecular formula is C22H23ClN2O2. The van der Waals surface area contributed by atoms with E-state index < -0.39 is 0 Å². The standard InChI is InChI=1S/C22H23ClN2O2/c1-26-21-12-11-20(17-5-3-2-4-6-17)22(18-7-9-19(23)10-8-18)25(21)24-13-15-27-16-14-24/h2-12,22H,13-16H2,1H3. The average molecular weight is 383 g/mol. The number of hydrogen-bond acceptors (Lipinski definition) is 4. The molecule has 27 heavy (non-hydrogen) atoms. The Bertz CT molecular complexity index is 827. The molecule has 1 fully saturated rings. The Morgan fingerprint density at radius 2 is 1.67 bits per heavy atom. The van der Waals surface area contributed by atoms with Crippen molar-refractivity contribution in [1.29, 1.82) is 0 Å². The first kappa shape index (κ1) is 18.1. The molecule has 2 aromatic carbocycles. The van der Waals surface area contributed by atoms with Crippen LogP contribution in [0.15, 0.2) is 72.6 Å². The predicted octanol–water partition coefficient (Wildman–Crippen LogP) is 4.52. The van der Waals surface area contributed by atoms with E-state index in [0.717, 1.165) is 24.0 Å². The molecule has 4 rings (SSSR count). The second-order valence-corrected chi connectivity index (χ2v) is 7.00. The van der Waals surface area contributed by atoms with Gasteiger partial charge in [-0.25, -0.2) is 5.01 Å². The smallest absolute Gasteiger partial charge is 0.204 e. The molecule has 0 amide bonds. The van der Waals surface area contributed by atoms with Gasteiger partial charge in [-0.3, -0.25) is 5.01 Å². The molecule has 140 valence electrons. The number of allylic oxidation sites excluding steroid dienone is 2. The van der Waals surface area contributed by atoms with Crippen LogP contribution >= 0.6 is 11.6 Å². The molecular weight excluding hydrogens is 360 g/mol. The maximum atomic E-state index is 6.15. The number of methoxy groups -OCH3 is 1. The largest absolute Gasteiger partial charge is 0.481 e. The van der Waals surface area contributed by atoms with Crippen LogP contribution in [0.1, 0.15) is 17.2 Å². The van der Waals surface area contributed by atoms with E-state index in [0.29, 0.717) is 13.2 Å². The Morgan fingerprint density at radius 1 is 0.963 bits per heavy atom. The first-order valence-corrected chi connectivity index (χ1v) is 9.54. The van der Waals surface area contributed by atoms with Crippen LogP contribution < -0.4 is 0 Å². The molecule has 0 aromatic heterocycles. The van der Waals surface area contributed by atoms with E-state index in [1.807, 2.05) is 24.3 Å². The van der Waals surface area contributed by atoms with E-state index >= 15 is 0 Å². The summed E-state index contributed by atoms with van der Waals surface area (Å²) in [5, 5.41) is 5.31. The molecule has 5 heteroatoms. The van der Waals surface area contributed by atoms with Crippen LogP contribution in [0.2, 0.25) is 5.02 Å². The zero-order valence-corrected chi connectivity index (χ0v) is 16.1. The van der Waals surface area contributed by atoms with Crippen LogP contribution in [0.5, 0.6) is 0 Å². The van der Waals surface area contributed by atoms with Crippen molar-refractivity contribution in [3.63, 3.8) is 0 Å². The van der Waals surface area contributed by atoms with Gasteiger partial charge in [-0.2, -0.15) is 0 Å². The third-order valence-corrected chi connectivity index (χ3v) is 5.22. The molecule has 1 saturated heterocycles. The maximum absolute atomic E-state index is 6.15. The first-order valence-electron chi connectivity index (χ1n) is 9.16. The fraction of sp³-hybridized carbons (Fsp3) is 0.273. The highest BCUT2D eigenvalue weighted by atomic mass is 35.5. The lowest BCUT2D eigenvalue weighted by Crippen LogP contribution is -2.50. The Kier molecular flexibility index (Phi) is 5.48. The van der Waals surface area contributed by atoms with Crippen molar-refractivity contribution in [3.05, 3.63) is 88.8 Å². The minimum absolute atomic E-state index is 0.00252. The summed E-state index contributed by atoms with van der Waals surface area (Å²) in [6.07, 6.45) is 4.20. The summed E-state index contributed by atoms with van der Waals surface area (Å²) in [5.74, 6) is 0.830. The summed E-state index contributed by atoms with van der Waals surface area (Å²) in [5.41, 5.74) is 3.59. The number of ether oxygens (including phenoxy) is 2. The summed E-state index contributed by atoms with van der Waals surface area (Å²) in [7, 11) is 1.72. The molecule has 2 aliphatic rings. The molecule has 1 unspecified atom stereocenters. The Balaban J connectivity index is 1.82. The average Bonchev–Trinajstić information content (AvgIpc) is 2.74. The zero-order valence-electron chi connectivity index (χ0n) is 15.3. The van der Waals surface area contributed by atoms with Gasteiger partial charge in [-0.15, -0.1) is 0 Å². The lowest BCUT2D eigenvalue weighted by Gasteiger charge is -2.46. The topological polar surface area (TPSA) is 24.9 Å². The fourth-order valence-electron chi connectivity index (χ4n) is 3.67. The molecule has 0 N–H and O–H groups in total. The van der Waals surface area contributed by atoms with Crippen molar-refractivity contribution < 1.29 is 9.47 Å². The van der Waals surface area contributed by atoms with Crippen LogP contribution in [0.3, 0.4) is 0 Å². The molecule has 2 aromatic rings. The van der Waals surface area contributed by atoms with Crippen LogP contribution in [0, 0.1) is 0 Å². The Labute approximate surface area is 165 Å². The summed E-state index contributed by atoms with van der Waals surface area (Å²) in [6, 6.07) is 18.6. The van der Waals surface area contributed by atoms with Gasteiger partial charge in [-0.1, -0.05) is 60.1 Å². The van der Waals surface area contributed by atoms with Crippen LogP contribution in [0.4, 0.5) is 0 Å². The molecule has 2 heterocycles. The molecule has 0 spiro atoms. The lowest BCUT2D eigenvalue weighted by molar-refractivity contribution is -0.110. The second kappa shape index (κ2) is 8.17. The summed E-state index contributed by atoms with van der Waals surface area (Å²) in [6.45, 7) is 3.08. The Morgan fingerprint density at radius 3 is 2.33 bits per heavy atom. The molecule has 0 saturated carbocycles. The molecule has 2 aliphatic heterocycles. The number of nitrogens with zero attached hydrogens (tertiary/aromatic N) is 2. The van der Waals surface area contributed by atoms with Crippen molar-refractivity contribution in [1.82, 2.24) is 10.0 Å². The minimum atomic E-state index is 0.00252. The highest BCUT2D eigenvalue weighted by Gasteiger charge is 2.35. The highest BCUT2D eigenvalue weighted by Crippen LogP contribution is 2.41. The van der Waals surface area contributed by atoms with Crippen LogP contribution in [0.25, 0.3) is 5.57 Å². The molecule has 4 nitrogen and oxygen atoms in total. The Hall–Kier alpha value is -2.27. The highest BCUT2D eigenvalue weighted by molar-refractivity contribution is 6.30. The summed E-state index contributed by atoms with van der Waals surface area (Å²) < 4.78 is 11.3. The number of halogens is 1. The minimum Gasteiger partial charge on any atom is -0.481 e. The third kappa shape index (κ3) is 3.74. The summed E-state index contributed by atoms with van der Waals surface area (Å²) in [4.78, 5) is 0. The van der Waals surface area contributed by atoms with Gasteiger partial charge in [0.1, 0.15) is 0 Å².